The van der Waals surface area contributed by atoms with Crippen molar-refractivity contribution in [1.82, 2.24) is 19.9 Å². The van der Waals surface area contributed by atoms with Gasteiger partial charge in [-0.25, -0.2) is 9.97 Å². The van der Waals surface area contributed by atoms with Crippen LogP contribution in [0.1, 0.15) is 30.0 Å². The molecular weight excluding hydrogens is 424 g/mol. The van der Waals surface area contributed by atoms with Crippen LogP contribution in [0.4, 0.5) is 11.5 Å². The number of H-pyrrole nitrogens is 1. The molecule has 170 valence electrons. The fourth-order valence-electron chi connectivity index (χ4n) is 4.56. The molecule has 6 rings (SSSR count). The standard InChI is InChI=1S/C27H26N6O/c1-16-14-29-25(32-24(16)30-21-9-10-22-20(13-21)11-12-28-27(22)34)18-5-3-17(4-6-18)23-15-33(2)26(31-23)19-7-8-19/h3-6,9-14,19,23H,7-8,15H2,1-2H3,(H,28,34)(H,29,30,32). The molecule has 2 N–H and O–H groups in total. The number of rotatable bonds is 5. The average Bonchev–Trinajstić information content (AvgIpc) is 3.62. The Bertz CT molecular complexity index is 1470. The first-order valence-corrected chi connectivity index (χ1v) is 11.7. The third kappa shape index (κ3) is 3.83. The molecule has 0 bridgehead atoms. The summed E-state index contributed by atoms with van der Waals surface area (Å²) in [7, 11) is 2.15. The van der Waals surface area contributed by atoms with Gasteiger partial charge in [-0.2, -0.15) is 0 Å². The van der Waals surface area contributed by atoms with E-state index in [1.807, 2.05) is 37.4 Å². The van der Waals surface area contributed by atoms with Crippen molar-refractivity contribution in [3.05, 3.63) is 82.4 Å². The Labute approximate surface area is 197 Å². The van der Waals surface area contributed by atoms with Gasteiger partial charge in [-0.1, -0.05) is 24.3 Å². The molecule has 1 saturated carbocycles. The van der Waals surface area contributed by atoms with Crippen molar-refractivity contribution < 1.29 is 0 Å². The molecule has 7 heteroatoms. The number of benzene rings is 2. The summed E-state index contributed by atoms with van der Waals surface area (Å²) in [6.45, 7) is 2.92. The van der Waals surface area contributed by atoms with E-state index >= 15 is 0 Å². The minimum atomic E-state index is -0.0910. The zero-order valence-electron chi connectivity index (χ0n) is 19.2. The molecule has 1 unspecified atom stereocenters. The number of anilines is 2. The van der Waals surface area contributed by atoms with Gasteiger partial charge in [0.05, 0.1) is 6.04 Å². The van der Waals surface area contributed by atoms with Crippen LogP contribution >= 0.6 is 0 Å². The molecule has 2 aromatic heterocycles. The second kappa shape index (κ2) is 8.09. The predicted octanol–water partition coefficient (Wildman–Crippen LogP) is 4.83. The molecule has 2 aromatic carbocycles. The maximum atomic E-state index is 12.0. The van der Waals surface area contributed by atoms with E-state index in [4.69, 9.17) is 9.98 Å². The number of hydrogen-bond donors (Lipinski definition) is 2. The Morgan fingerprint density at radius 1 is 1.09 bits per heavy atom. The number of aryl methyl sites for hydroxylation is 1. The number of fused-ring (bicyclic) bond motifs is 1. The first-order valence-electron chi connectivity index (χ1n) is 11.7. The van der Waals surface area contributed by atoms with Gasteiger partial charge in [0.2, 0.25) is 0 Å². The van der Waals surface area contributed by atoms with Crippen LogP contribution < -0.4 is 10.9 Å². The molecule has 0 radical (unpaired) electrons. The lowest BCUT2D eigenvalue weighted by Crippen LogP contribution is -2.24. The maximum absolute atomic E-state index is 12.0. The lowest BCUT2D eigenvalue weighted by atomic mass is 10.1. The number of aliphatic imine (C=N–C) groups is 1. The zero-order chi connectivity index (χ0) is 23.2. The third-order valence-corrected chi connectivity index (χ3v) is 6.63. The Kier molecular flexibility index (Phi) is 4.90. The van der Waals surface area contributed by atoms with Crippen molar-refractivity contribution in [3.63, 3.8) is 0 Å². The van der Waals surface area contributed by atoms with Crippen molar-refractivity contribution in [2.75, 3.05) is 18.9 Å². The fraction of sp³-hybridized carbons (Fsp3) is 0.259. The topological polar surface area (TPSA) is 86.3 Å². The monoisotopic (exact) mass is 450 g/mol. The Morgan fingerprint density at radius 2 is 1.91 bits per heavy atom. The normalized spacial score (nSPS) is 17.8. The number of nitrogens with one attached hydrogen (secondary N) is 2. The Morgan fingerprint density at radius 3 is 2.71 bits per heavy atom. The van der Waals surface area contributed by atoms with Crippen LogP contribution in [-0.2, 0) is 0 Å². The predicted molar refractivity (Wildman–Crippen MR) is 136 cm³/mol. The van der Waals surface area contributed by atoms with Crippen LogP contribution in [-0.4, -0.2) is 39.3 Å². The summed E-state index contributed by atoms with van der Waals surface area (Å²) in [5.74, 6) is 3.35. The summed E-state index contributed by atoms with van der Waals surface area (Å²) < 4.78 is 0. The van der Waals surface area contributed by atoms with Gasteiger partial charge in [0, 0.05) is 54.1 Å². The molecular formula is C27H26N6O. The molecule has 1 atom stereocenters. The average molecular weight is 451 g/mol. The minimum Gasteiger partial charge on any atom is -0.361 e. The van der Waals surface area contributed by atoms with Gasteiger partial charge in [0.15, 0.2) is 5.82 Å². The van der Waals surface area contributed by atoms with E-state index < -0.39 is 0 Å². The van der Waals surface area contributed by atoms with E-state index in [1.165, 1.54) is 24.2 Å². The van der Waals surface area contributed by atoms with E-state index in [0.717, 1.165) is 34.6 Å². The summed E-state index contributed by atoms with van der Waals surface area (Å²) in [6, 6.07) is 16.2. The second-order valence-electron chi connectivity index (χ2n) is 9.24. The highest BCUT2D eigenvalue weighted by Crippen LogP contribution is 2.37. The molecule has 3 heterocycles. The van der Waals surface area contributed by atoms with E-state index in [1.54, 1.807) is 6.20 Å². The van der Waals surface area contributed by atoms with Gasteiger partial charge in [0.25, 0.3) is 5.56 Å². The van der Waals surface area contributed by atoms with Crippen molar-refractivity contribution in [1.29, 1.82) is 0 Å². The number of nitrogens with zero attached hydrogens (tertiary/aromatic N) is 4. The van der Waals surface area contributed by atoms with Gasteiger partial charge >= 0.3 is 0 Å². The summed E-state index contributed by atoms with van der Waals surface area (Å²) in [4.78, 5) is 31.3. The fourth-order valence-corrected chi connectivity index (χ4v) is 4.56. The van der Waals surface area contributed by atoms with Crippen LogP contribution in [0.25, 0.3) is 22.2 Å². The van der Waals surface area contributed by atoms with Gasteiger partial charge in [-0.05, 0) is 55.0 Å². The minimum absolute atomic E-state index is 0.0910. The highest BCUT2D eigenvalue weighted by molar-refractivity contribution is 5.88. The SMILES string of the molecule is Cc1cnc(-c2ccc(C3CN(C)C(C4CC4)=N3)cc2)nc1Nc1ccc2c(=O)[nH]ccc2c1. The van der Waals surface area contributed by atoms with Crippen molar-refractivity contribution >= 4 is 28.1 Å². The van der Waals surface area contributed by atoms with Crippen LogP contribution in [0.3, 0.4) is 0 Å². The highest BCUT2D eigenvalue weighted by atomic mass is 16.1. The molecule has 7 nitrogen and oxygen atoms in total. The van der Waals surface area contributed by atoms with Crippen molar-refractivity contribution in [2.24, 2.45) is 10.9 Å². The van der Waals surface area contributed by atoms with E-state index in [-0.39, 0.29) is 11.6 Å². The summed E-state index contributed by atoms with van der Waals surface area (Å²) >= 11 is 0. The lowest BCUT2D eigenvalue weighted by Gasteiger charge is -2.14. The quantitative estimate of drug-likeness (QED) is 0.455. The first kappa shape index (κ1) is 20.6. The summed E-state index contributed by atoms with van der Waals surface area (Å²) in [5.41, 5.74) is 3.92. The molecule has 0 saturated heterocycles. The molecule has 4 aromatic rings. The largest absolute Gasteiger partial charge is 0.361 e. The Hall–Kier alpha value is -4.00. The van der Waals surface area contributed by atoms with E-state index in [0.29, 0.717) is 17.1 Å². The van der Waals surface area contributed by atoms with Gasteiger partial charge in [-0.15, -0.1) is 0 Å². The van der Waals surface area contributed by atoms with Crippen LogP contribution in [0.15, 0.2) is 70.7 Å². The maximum Gasteiger partial charge on any atom is 0.255 e. The van der Waals surface area contributed by atoms with Crippen LogP contribution in [0, 0.1) is 12.8 Å². The van der Waals surface area contributed by atoms with Crippen molar-refractivity contribution in [2.45, 2.75) is 25.8 Å². The molecule has 2 aliphatic rings. The van der Waals surface area contributed by atoms with Crippen molar-refractivity contribution in [3.8, 4) is 11.4 Å². The van der Waals surface area contributed by atoms with Gasteiger partial charge in [0.1, 0.15) is 11.7 Å². The number of amidine groups is 1. The van der Waals surface area contributed by atoms with Gasteiger partial charge in [-0.3, -0.25) is 9.79 Å². The van der Waals surface area contributed by atoms with E-state index in [2.05, 4.69) is 51.5 Å². The zero-order valence-corrected chi connectivity index (χ0v) is 19.2. The van der Waals surface area contributed by atoms with Crippen LogP contribution in [0.5, 0.6) is 0 Å². The molecule has 1 aliphatic heterocycles. The van der Waals surface area contributed by atoms with Crippen LogP contribution in [0.2, 0.25) is 0 Å². The van der Waals surface area contributed by atoms with E-state index in [9.17, 15) is 4.79 Å². The number of likely N-dealkylation sites (N-methyl/N-ethyl adjacent to an activating group) is 1. The lowest BCUT2D eigenvalue weighted by molar-refractivity contribution is 0.498. The summed E-state index contributed by atoms with van der Waals surface area (Å²) in [6.07, 6.45) is 6.04. The summed E-state index contributed by atoms with van der Waals surface area (Å²) in [5, 5.41) is 4.93. The number of aromatic nitrogens is 3. The van der Waals surface area contributed by atoms with Gasteiger partial charge < -0.3 is 15.2 Å². The molecule has 0 spiro atoms. The molecule has 34 heavy (non-hydrogen) atoms. The molecule has 1 fully saturated rings. The Balaban J connectivity index is 1.25. The first-order chi connectivity index (χ1) is 16.5. The third-order valence-electron chi connectivity index (χ3n) is 6.63. The number of aromatic amines is 1. The smallest absolute Gasteiger partial charge is 0.255 e. The highest BCUT2D eigenvalue weighted by Gasteiger charge is 2.35. The molecule has 0 amide bonds. The second-order valence-corrected chi connectivity index (χ2v) is 9.24. The number of hydrogen-bond acceptors (Lipinski definition) is 6. The number of pyridine rings is 1. The molecule has 1 aliphatic carbocycles.